The van der Waals surface area contributed by atoms with E-state index in [0.717, 1.165) is 11.3 Å². The predicted octanol–water partition coefficient (Wildman–Crippen LogP) is 5.69. The molecule has 0 bridgehead atoms. The maximum atomic E-state index is 12.4. The highest BCUT2D eigenvalue weighted by Crippen LogP contribution is 2.24. The number of nitrogens with one attached hydrogen (secondary N) is 2. The molecule has 3 rings (SSSR count). The monoisotopic (exact) mass is 371 g/mol. The normalized spacial score (nSPS) is 10.4. The third-order valence-electron chi connectivity index (χ3n) is 3.59. The van der Waals surface area contributed by atoms with Crippen molar-refractivity contribution < 1.29 is 4.79 Å². The summed E-state index contributed by atoms with van der Waals surface area (Å²) in [5, 5.41) is 7.18. The van der Waals surface area contributed by atoms with E-state index in [0.29, 0.717) is 27.0 Å². The summed E-state index contributed by atoms with van der Waals surface area (Å²) in [6, 6.07) is 14.4. The van der Waals surface area contributed by atoms with Gasteiger partial charge in [-0.05, 0) is 48.9 Å². The van der Waals surface area contributed by atoms with Crippen molar-refractivity contribution in [3.05, 3.63) is 82.1 Å². The number of carbonyl (C=O) groups is 1. The Morgan fingerprint density at radius 1 is 1.00 bits per heavy atom. The molecule has 0 spiro atoms. The summed E-state index contributed by atoms with van der Waals surface area (Å²) >= 11 is 12.0. The van der Waals surface area contributed by atoms with Crippen LogP contribution in [0.3, 0.4) is 0 Å². The number of aryl methyl sites for hydroxylation is 1. The van der Waals surface area contributed by atoms with E-state index in [9.17, 15) is 4.79 Å². The molecule has 2 aromatic carbocycles. The van der Waals surface area contributed by atoms with Gasteiger partial charge in [0.2, 0.25) is 0 Å². The highest BCUT2D eigenvalue weighted by Gasteiger charge is 2.10. The van der Waals surface area contributed by atoms with Crippen LogP contribution >= 0.6 is 23.2 Å². The molecule has 25 heavy (non-hydrogen) atoms. The van der Waals surface area contributed by atoms with E-state index >= 15 is 0 Å². The average Bonchev–Trinajstić information content (AvgIpc) is 2.60. The zero-order chi connectivity index (χ0) is 17.8. The van der Waals surface area contributed by atoms with Crippen molar-refractivity contribution in [2.75, 3.05) is 10.6 Å². The molecule has 0 aliphatic rings. The number of hydrogen-bond donors (Lipinski definition) is 2. The smallest absolute Gasteiger partial charge is 0.257 e. The van der Waals surface area contributed by atoms with Crippen LogP contribution in [0.25, 0.3) is 0 Å². The average molecular weight is 372 g/mol. The molecule has 2 N–H and O–H groups in total. The first-order valence-corrected chi connectivity index (χ1v) is 8.32. The standard InChI is InChI=1S/C19H15Cl2N3O/c1-12-8-14(20)6-7-17(12)23-15-9-13(10-22-11-15)19(25)24-18-5-3-2-4-16(18)21/h2-11,23H,1H3,(H,24,25). The van der Waals surface area contributed by atoms with Crippen LogP contribution in [-0.4, -0.2) is 10.9 Å². The molecular weight excluding hydrogens is 357 g/mol. The Kier molecular flexibility index (Phi) is 5.22. The Balaban J connectivity index is 1.79. The Bertz CT molecular complexity index is 928. The van der Waals surface area contributed by atoms with Gasteiger partial charge in [-0.1, -0.05) is 35.3 Å². The van der Waals surface area contributed by atoms with Crippen molar-refractivity contribution >= 4 is 46.2 Å². The van der Waals surface area contributed by atoms with Gasteiger partial charge in [0.25, 0.3) is 5.91 Å². The molecule has 0 saturated carbocycles. The van der Waals surface area contributed by atoms with E-state index in [4.69, 9.17) is 23.2 Å². The van der Waals surface area contributed by atoms with Gasteiger partial charge >= 0.3 is 0 Å². The van der Waals surface area contributed by atoms with Gasteiger partial charge in [0, 0.05) is 16.9 Å². The number of rotatable bonds is 4. The minimum Gasteiger partial charge on any atom is -0.354 e. The lowest BCUT2D eigenvalue weighted by Gasteiger charge is -2.11. The first kappa shape index (κ1) is 17.3. The van der Waals surface area contributed by atoms with Crippen LogP contribution in [0.5, 0.6) is 0 Å². The maximum Gasteiger partial charge on any atom is 0.257 e. The van der Waals surface area contributed by atoms with Crippen LogP contribution in [0, 0.1) is 6.92 Å². The lowest BCUT2D eigenvalue weighted by Crippen LogP contribution is -2.12. The van der Waals surface area contributed by atoms with Gasteiger partial charge in [-0.25, -0.2) is 0 Å². The van der Waals surface area contributed by atoms with Crippen molar-refractivity contribution in [2.24, 2.45) is 0 Å². The molecule has 0 radical (unpaired) electrons. The van der Waals surface area contributed by atoms with Gasteiger partial charge in [0.15, 0.2) is 0 Å². The number of benzene rings is 2. The van der Waals surface area contributed by atoms with Crippen molar-refractivity contribution in [3.63, 3.8) is 0 Å². The molecule has 126 valence electrons. The van der Waals surface area contributed by atoms with Gasteiger partial charge in [-0.15, -0.1) is 0 Å². The molecule has 0 saturated heterocycles. The van der Waals surface area contributed by atoms with Crippen LogP contribution in [0.2, 0.25) is 10.0 Å². The van der Waals surface area contributed by atoms with Gasteiger partial charge in [0.1, 0.15) is 0 Å². The molecule has 3 aromatic rings. The Hall–Kier alpha value is -2.56. The number of nitrogens with zero attached hydrogens (tertiary/aromatic N) is 1. The largest absolute Gasteiger partial charge is 0.354 e. The summed E-state index contributed by atoms with van der Waals surface area (Å²) in [6.45, 7) is 1.95. The van der Waals surface area contributed by atoms with E-state index in [1.807, 2.05) is 19.1 Å². The van der Waals surface area contributed by atoms with E-state index in [1.165, 1.54) is 6.20 Å². The third-order valence-corrected chi connectivity index (χ3v) is 4.15. The highest BCUT2D eigenvalue weighted by molar-refractivity contribution is 6.33. The zero-order valence-electron chi connectivity index (χ0n) is 13.4. The number of pyridine rings is 1. The summed E-state index contributed by atoms with van der Waals surface area (Å²) in [6.07, 6.45) is 3.16. The molecule has 6 heteroatoms. The molecule has 0 unspecified atom stereocenters. The van der Waals surface area contributed by atoms with Crippen molar-refractivity contribution in [1.82, 2.24) is 4.98 Å². The van der Waals surface area contributed by atoms with Gasteiger partial charge in [0.05, 0.1) is 28.2 Å². The quantitative estimate of drug-likeness (QED) is 0.618. The van der Waals surface area contributed by atoms with E-state index < -0.39 is 0 Å². The van der Waals surface area contributed by atoms with Gasteiger partial charge in [-0.2, -0.15) is 0 Å². The summed E-state index contributed by atoms with van der Waals surface area (Å²) in [5.74, 6) is -0.280. The lowest BCUT2D eigenvalue weighted by molar-refractivity contribution is 0.102. The first-order valence-electron chi connectivity index (χ1n) is 7.57. The lowest BCUT2D eigenvalue weighted by atomic mass is 10.2. The van der Waals surface area contributed by atoms with Crippen molar-refractivity contribution in [1.29, 1.82) is 0 Å². The Morgan fingerprint density at radius 2 is 1.80 bits per heavy atom. The molecule has 1 amide bonds. The molecule has 1 heterocycles. The number of para-hydroxylation sites is 1. The second-order valence-corrected chi connectivity index (χ2v) is 6.32. The molecule has 0 aliphatic heterocycles. The number of carbonyl (C=O) groups excluding carboxylic acids is 1. The number of amides is 1. The Labute approximate surface area is 155 Å². The maximum absolute atomic E-state index is 12.4. The van der Waals surface area contributed by atoms with Gasteiger partial charge in [-0.3, -0.25) is 9.78 Å². The van der Waals surface area contributed by atoms with E-state index in [1.54, 1.807) is 42.6 Å². The predicted molar refractivity (Wildman–Crippen MR) is 103 cm³/mol. The van der Waals surface area contributed by atoms with Crippen molar-refractivity contribution in [3.8, 4) is 0 Å². The van der Waals surface area contributed by atoms with Crippen LogP contribution in [0.1, 0.15) is 15.9 Å². The third kappa shape index (κ3) is 4.29. The van der Waals surface area contributed by atoms with Crippen LogP contribution in [0.15, 0.2) is 60.9 Å². The van der Waals surface area contributed by atoms with Crippen molar-refractivity contribution in [2.45, 2.75) is 6.92 Å². The summed E-state index contributed by atoms with van der Waals surface area (Å²) in [5.41, 5.74) is 3.59. The summed E-state index contributed by atoms with van der Waals surface area (Å²) in [4.78, 5) is 16.6. The minimum absolute atomic E-state index is 0.280. The molecule has 0 atom stereocenters. The fourth-order valence-electron chi connectivity index (χ4n) is 2.31. The molecule has 4 nitrogen and oxygen atoms in total. The summed E-state index contributed by atoms with van der Waals surface area (Å²) < 4.78 is 0. The zero-order valence-corrected chi connectivity index (χ0v) is 14.9. The number of hydrogen-bond acceptors (Lipinski definition) is 3. The summed E-state index contributed by atoms with van der Waals surface area (Å²) in [7, 11) is 0. The Morgan fingerprint density at radius 3 is 2.56 bits per heavy atom. The second kappa shape index (κ2) is 7.55. The molecular formula is C19H15Cl2N3O. The topological polar surface area (TPSA) is 54.0 Å². The second-order valence-electron chi connectivity index (χ2n) is 5.48. The van der Waals surface area contributed by atoms with Crippen LogP contribution in [-0.2, 0) is 0 Å². The van der Waals surface area contributed by atoms with Crippen LogP contribution < -0.4 is 10.6 Å². The number of anilines is 3. The van der Waals surface area contributed by atoms with Gasteiger partial charge < -0.3 is 10.6 Å². The number of halogens is 2. The fraction of sp³-hybridized carbons (Fsp3) is 0.0526. The molecule has 1 aromatic heterocycles. The molecule has 0 aliphatic carbocycles. The first-order chi connectivity index (χ1) is 12.0. The SMILES string of the molecule is Cc1cc(Cl)ccc1Nc1cncc(C(=O)Nc2ccccc2Cl)c1. The van der Waals surface area contributed by atoms with Crippen LogP contribution in [0.4, 0.5) is 17.1 Å². The minimum atomic E-state index is -0.280. The van der Waals surface area contributed by atoms with E-state index in [-0.39, 0.29) is 5.91 Å². The van der Waals surface area contributed by atoms with E-state index in [2.05, 4.69) is 15.6 Å². The fourth-order valence-corrected chi connectivity index (χ4v) is 2.72. The highest BCUT2D eigenvalue weighted by atomic mass is 35.5. The molecule has 0 fully saturated rings. The number of aromatic nitrogens is 1.